The van der Waals surface area contributed by atoms with Crippen LogP contribution < -0.4 is 0 Å². The van der Waals surface area contributed by atoms with E-state index in [1.54, 1.807) is 7.11 Å². The molecule has 1 saturated carbocycles. The van der Waals surface area contributed by atoms with Crippen LogP contribution in [0.1, 0.15) is 90.0 Å². The predicted molar refractivity (Wildman–Crippen MR) is 201 cm³/mol. The molecule has 0 aromatic heterocycles. The van der Waals surface area contributed by atoms with Crippen LogP contribution >= 0.6 is 11.6 Å². The standard InChI is InChI=1S/C40H64ClN5O5/c1-6-30(15-23-50-5)44-26-33(28-9-11-29(41)12-10-28)34(27-44)37(47)45-25-32(24-35(45)38(48)43-20-18-42(4)19-21-43)46(39(49)36-8-7-22-51-36)31-13-16-40(2,3)17-14-31/h9-12,30-36,39,49H,6-8,13-27H2,1-5H3/t30?,32-,33-,34+,35-,36?,39?/m0/s1. The van der Waals surface area contributed by atoms with Gasteiger partial charge in [-0.3, -0.25) is 19.4 Å². The van der Waals surface area contributed by atoms with Gasteiger partial charge in [-0.25, -0.2) is 0 Å². The van der Waals surface area contributed by atoms with Crippen LogP contribution in [-0.4, -0.2) is 151 Å². The van der Waals surface area contributed by atoms with E-state index in [2.05, 4.69) is 54.7 Å². The van der Waals surface area contributed by atoms with Crippen molar-refractivity contribution in [3.8, 4) is 0 Å². The van der Waals surface area contributed by atoms with Crippen LogP contribution in [0.4, 0.5) is 0 Å². The smallest absolute Gasteiger partial charge is 0.245 e. The summed E-state index contributed by atoms with van der Waals surface area (Å²) in [5, 5.41) is 12.7. The number of benzene rings is 1. The zero-order valence-electron chi connectivity index (χ0n) is 31.9. The molecular formula is C40H64ClN5O5. The van der Waals surface area contributed by atoms with Crippen LogP contribution in [0.3, 0.4) is 0 Å². The first kappa shape index (κ1) is 38.9. The maximum Gasteiger partial charge on any atom is 0.245 e. The maximum atomic E-state index is 15.2. The molecule has 4 heterocycles. The Balaban J connectivity index is 1.32. The van der Waals surface area contributed by atoms with Crippen molar-refractivity contribution in [2.75, 3.05) is 73.2 Å². The van der Waals surface area contributed by atoms with E-state index < -0.39 is 12.3 Å². The molecule has 286 valence electrons. The highest BCUT2D eigenvalue weighted by Crippen LogP contribution is 2.42. The summed E-state index contributed by atoms with van der Waals surface area (Å²) in [6.07, 6.45) is 7.37. The molecule has 11 heteroatoms. The molecule has 1 aromatic carbocycles. The molecule has 7 atom stereocenters. The number of amides is 2. The summed E-state index contributed by atoms with van der Waals surface area (Å²) in [7, 11) is 3.84. The van der Waals surface area contributed by atoms with Gasteiger partial charge in [0.05, 0.1) is 12.0 Å². The lowest BCUT2D eigenvalue weighted by molar-refractivity contribution is -0.147. The number of rotatable bonds is 12. The lowest BCUT2D eigenvalue weighted by Gasteiger charge is -2.45. The molecule has 10 nitrogen and oxygen atoms in total. The summed E-state index contributed by atoms with van der Waals surface area (Å²) in [4.78, 5) is 40.8. The van der Waals surface area contributed by atoms with Gasteiger partial charge < -0.3 is 29.3 Å². The Morgan fingerprint density at radius 2 is 1.73 bits per heavy atom. The molecule has 2 amide bonds. The number of hydrogen-bond acceptors (Lipinski definition) is 8. The van der Waals surface area contributed by atoms with Gasteiger partial charge in [-0.2, -0.15) is 0 Å². The van der Waals surface area contributed by atoms with E-state index in [9.17, 15) is 9.90 Å². The number of ether oxygens (including phenoxy) is 2. The van der Waals surface area contributed by atoms with E-state index in [1.807, 2.05) is 21.9 Å². The van der Waals surface area contributed by atoms with Gasteiger partial charge in [0.15, 0.2) is 0 Å². The van der Waals surface area contributed by atoms with Crippen molar-refractivity contribution in [2.45, 2.75) is 121 Å². The van der Waals surface area contributed by atoms with Crippen molar-refractivity contribution in [1.82, 2.24) is 24.5 Å². The Labute approximate surface area is 311 Å². The minimum absolute atomic E-state index is 0.0149. The molecule has 0 radical (unpaired) electrons. The topological polar surface area (TPSA) is 89.0 Å². The number of carbonyl (C=O) groups excluding carboxylic acids is 2. The summed E-state index contributed by atoms with van der Waals surface area (Å²) in [5.41, 5.74) is 1.39. The van der Waals surface area contributed by atoms with Crippen LogP contribution in [0.2, 0.25) is 5.02 Å². The number of nitrogens with zero attached hydrogens (tertiary/aromatic N) is 5. The molecular weight excluding hydrogens is 666 g/mol. The Kier molecular flexibility index (Phi) is 13.1. The van der Waals surface area contributed by atoms with Gasteiger partial charge in [-0.05, 0) is 87.9 Å². The Hall–Kier alpha value is -1.79. The first-order valence-electron chi connectivity index (χ1n) is 19.8. The molecule has 4 saturated heterocycles. The minimum Gasteiger partial charge on any atom is -0.385 e. The van der Waals surface area contributed by atoms with Gasteiger partial charge in [-0.1, -0.05) is 44.5 Å². The van der Waals surface area contributed by atoms with Crippen molar-refractivity contribution in [3.05, 3.63) is 34.9 Å². The zero-order chi connectivity index (χ0) is 36.3. The fourth-order valence-electron chi connectivity index (χ4n) is 9.73. The average molecular weight is 730 g/mol. The Bertz CT molecular complexity index is 1290. The molecule has 1 aliphatic carbocycles. The van der Waals surface area contributed by atoms with Crippen molar-refractivity contribution < 1.29 is 24.2 Å². The quantitative estimate of drug-likeness (QED) is 0.311. The molecule has 1 aromatic rings. The highest BCUT2D eigenvalue weighted by molar-refractivity contribution is 6.30. The van der Waals surface area contributed by atoms with Crippen LogP contribution in [0.15, 0.2) is 24.3 Å². The third-order valence-electron chi connectivity index (χ3n) is 13.0. The zero-order valence-corrected chi connectivity index (χ0v) is 32.6. The summed E-state index contributed by atoms with van der Waals surface area (Å²) < 4.78 is 11.6. The Morgan fingerprint density at radius 1 is 1.02 bits per heavy atom. The summed E-state index contributed by atoms with van der Waals surface area (Å²) >= 11 is 6.34. The minimum atomic E-state index is -0.756. The molecule has 6 rings (SSSR count). The highest BCUT2D eigenvalue weighted by Gasteiger charge is 2.51. The molecule has 5 fully saturated rings. The van der Waals surface area contributed by atoms with E-state index in [1.165, 1.54) is 0 Å². The van der Waals surface area contributed by atoms with Crippen LogP contribution in [0.5, 0.6) is 0 Å². The third-order valence-corrected chi connectivity index (χ3v) is 13.3. The molecule has 0 bridgehead atoms. The van der Waals surface area contributed by atoms with E-state index in [0.29, 0.717) is 56.9 Å². The van der Waals surface area contributed by atoms with E-state index in [-0.39, 0.29) is 47.3 Å². The maximum absolute atomic E-state index is 15.2. The number of likely N-dealkylation sites (N-methyl/N-ethyl adjacent to an activating group) is 1. The van der Waals surface area contributed by atoms with E-state index >= 15 is 4.79 Å². The number of aliphatic hydroxyl groups excluding tert-OH is 1. The fourth-order valence-corrected chi connectivity index (χ4v) is 9.86. The van der Waals surface area contributed by atoms with Gasteiger partial charge >= 0.3 is 0 Å². The summed E-state index contributed by atoms with van der Waals surface area (Å²) in [5.74, 6) is -0.194. The van der Waals surface area contributed by atoms with Gasteiger partial charge in [0.2, 0.25) is 11.8 Å². The van der Waals surface area contributed by atoms with Crippen molar-refractivity contribution in [2.24, 2.45) is 11.3 Å². The second-order valence-corrected chi connectivity index (χ2v) is 17.3. The molecule has 3 unspecified atom stereocenters. The molecule has 51 heavy (non-hydrogen) atoms. The number of piperazine rings is 1. The average Bonchev–Trinajstić information content (AvgIpc) is 3.91. The summed E-state index contributed by atoms with van der Waals surface area (Å²) in [6, 6.07) is 7.78. The van der Waals surface area contributed by atoms with Crippen molar-refractivity contribution in [1.29, 1.82) is 0 Å². The molecule has 4 aliphatic heterocycles. The first-order chi connectivity index (χ1) is 24.5. The van der Waals surface area contributed by atoms with Gasteiger partial charge in [0.1, 0.15) is 12.3 Å². The fraction of sp³-hybridized carbons (Fsp3) is 0.800. The highest BCUT2D eigenvalue weighted by atomic mass is 35.5. The number of halogens is 1. The molecule has 1 N–H and O–H groups in total. The summed E-state index contributed by atoms with van der Waals surface area (Å²) in [6.45, 7) is 13.1. The first-order valence-corrected chi connectivity index (χ1v) is 20.2. The second kappa shape index (κ2) is 17.1. The van der Waals surface area contributed by atoms with Crippen LogP contribution in [0.25, 0.3) is 0 Å². The molecule has 5 aliphatic rings. The van der Waals surface area contributed by atoms with Crippen molar-refractivity contribution in [3.63, 3.8) is 0 Å². The monoisotopic (exact) mass is 729 g/mol. The van der Waals surface area contributed by atoms with Crippen LogP contribution in [-0.2, 0) is 19.1 Å². The number of hydrogen-bond donors (Lipinski definition) is 1. The second-order valence-electron chi connectivity index (χ2n) is 16.9. The normalized spacial score (nSPS) is 30.7. The van der Waals surface area contributed by atoms with Crippen molar-refractivity contribution >= 4 is 23.4 Å². The number of carbonyl (C=O) groups is 2. The SMILES string of the molecule is CCC(CCOC)N1C[C@@H](C(=O)N2C[C@@H](N(C3CCC(C)(C)CC3)C(O)C3CCCO3)C[C@H]2C(=O)N2CCN(C)CC2)[C@H](c2ccc(Cl)cc2)C1. The largest absolute Gasteiger partial charge is 0.385 e. The van der Waals surface area contributed by atoms with E-state index in [4.69, 9.17) is 21.1 Å². The number of aliphatic hydroxyl groups is 1. The predicted octanol–water partition coefficient (Wildman–Crippen LogP) is 4.68. The number of methoxy groups -OCH3 is 1. The van der Waals surface area contributed by atoms with Gasteiger partial charge in [0.25, 0.3) is 0 Å². The third kappa shape index (κ3) is 8.96. The van der Waals surface area contributed by atoms with Crippen LogP contribution in [0, 0.1) is 11.3 Å². The number of likely N-dealkylation sites (tertiary alicyclic amines) is 2. The Morgan fingerprint density at radius 3 is 2.35 bits per heavy atom. The lowest BCUT2D eigenvalue weighted by atomic mass is 9.75. The lowest BCUT2D eigenvalue weighted by Crippen LogP contribution is -2.56. The van der Waals surface area contributed by atoms with Gasteiger partial charge in [-0.15, -0.1) is 0 Å². The molecule has 0 spiro atoms. The van der Waals surface area contributed by atoms with Gasteiger partial charge in [0, 0.05) is 95.2 Å². The van der Waals surface area contributed by atoms with E-state index in [0.717, 1.165) is 76.6 Å².